The summed E-state index contributed by atoms with van der Waals surface area (Å²) in [6, 6.07) is 0. The molecule has 0 spiro atoms. The number of hydrogen-bond acceptors (Lipinski definition) is 2. The van der Waals surface area contributed by atoms with Gasteiger partial charge in [-0.1, -0.05) is 23.2 Å². The summed E-state index contributed by atoms with van der Waals surface area (Å²) >= 11 is 9.91. The van der Waals surface area contributed by atoms with Crippen molar-refractivity contribution in [3.63, 3.8) is 0 Å². The van der Waals surface area contributed by atoms with Gasteiger partial charge in [-0.15, -0.1) is 0 Å². The molecule has 12 heavy (non-hydrogen) atoms. The molecule has 0 unspecified atom stereocenters. The van der Waals surface area contributed by atoms with Crippen LogP contribution in [0.3, 0.4) is 0 Å². The van der Waals surface area contributed by atoms with Crippen molar-refractivity contribution in [2.45, 2.75) is 0 Å². The topological polar surface area (TPSA) is 115 Å². The van der Waals surface area contributed by atoms with Gasteiger partial charge in [-0.3, -0.25) is 9.13 Å². The normalized spacial score (nSPS) is 12.8. The summed E-state index contributed by atoms with van der Waals surface area (Å²) in [4.78, 5) is 33.8. The number of rotatable bonds is 2. The molecule has 0 radical (unpaired) electrons. The Morgan fingerprint density at radius 3 is 1.25 bits per heavy atom. The minimum absolute atomic E-state index is 0.929. The third-order valence-corrected chi connectivity index (χ3v) is 14.2. The maximum Gasteiger partial charge on any atom is 0.329 e. The molecule has 0 atom stereocenters. The zero-order valence-electron chi connectivity index (χ0n) is 5.26. The minimum Gasteiger partial charge on any atom is -0.325 e. The van der Waals surface area contributed by atoms with Gasteiger partial charge in [0, 0.05) is 0 Å². The Balaban J connectivity index is 5.45. The lowest BCUT2D eigenvalue weighted by Crippen LogP contribution is -2.09. The first kappa shape index (κ1) is 13.0. The van der Waals surface area contributed by atoms with Gasteiger partial charge in [-0.2, -0.15) is 0 Å². The van der Waals surface area contributed by atoms with E-state index in [0.29, 0.717) is 0 Å². The largest absolute Gasteiger partial charge is 0.329 e. The van der Waals surface area contributed by atoms with Crippen LogP contribution in [0.5, 0.6) is 0 Å². The predicted octanol–water partition coefficient (Wildman–Crippen LogP) is -0.0233. The van der Waals surface area contributed by atoms with Crippen LogP contribution in [-0.4, -0.2) is 31.4 Å². The fraction of sp³-hybridized carbons (Fsp3) is 0. The summed E-state index contributed by atoms with van der Waals surface area (Å²) in [6.07, 6.45) is 0. The van der Waals surface area contributed by atoms with E-state index in [2.05, 4.69) is 0 Å². The van der Waals surface area contributed by atoms with Crippen LogP contribution in [0.25, 0.3) is 0 Å². The molecule has 0 aliphatic carbocycles. The van der Waals surface area contributed by atoms with Crippen molar-refractivity contribution in [2.75, 3.05) is 0 Å². The molecule has 0 saturated heterocycles. The van der Waals surface area contributed by atoms with Crippen LogP contribution in [0.1, 0.15) is 0 Å². The van der Waals surface area contributed by atoms with E-state index in [4.69, 9.17) is 42.8 Å². The number of halogens is 2. The molecule has 0 aliphatic heterocycles. The smallest absolute Gasteiger partial charge is 0.325 e. The summed E-state index contributed by atoms with van der Waals surface area (Å²) in [6.45, 7) is 0. The second kappa shape index (κ2) is 4.00. The fourth-order valence-corrected chi connectivity index (χ4v) is 10.5. The Bertz CT molecular complexity index is 271. The van der Waals surface area contributed by atoms with Crippen LogP contribution in [0.15, 0.2) is 0 Å². The molecule has 0 aromatic rings. The zero-order chi connectivity index (χ0) is 10.2. The molecule has 72 valence electrons. The van der Waals surface area contributed by atoms with Gasteiger partial charge in [0.15, 0.2) is 0 Å². The molecule has 0 rings (SSSR count). The third kappa shape index (κ3) is 3.78. The van der Waals surface area contributed by atoms with Crippen LogP contribution in [-0.2, 0) is 9.13 Å². The predicted molar refractivity (Wildman–Crippen MR) is 46.6 cm³/mol. The van der Waals surface area contributed by atoms with Crippen molar-refractivity contribution >= 4 is 49.3 Å². The molecular weight excluding hydrogens is 269 g/mol. The lowest BCUT2D eigenvalue weighted by molar-refractivity contribution is 0.386. The van der Waals surface area contributed by atoms with Gasteiger partial charge in [0.05, 0.1) is 0 Å². The van der Waals surface area contributed by atoms with Crippen LogP contribution >= 0.6 is 37.5 Å². The first-order valence-electron chi connectivity index (χ1n) is 2.24. The Kier molecular flexibility index (Phi) is 4.32. The second-order valence-electron chi connectivity index (χ2n) is 1.67. The van der Waals surface area contributed by atoms with E-state index < -0.39 is 26.1 Å². The van der Waals surface area contributed by atoms with Gasteiger partial charge in [-0.05, 0) is 0 Å². The zero-order valence-corrected chi connectivity index (χ0v) is 9.56. The molecule has 0 aromatic heterocycles. The molecular formula is CH4Cl2O6P2Si. The molecule has 0 aromatic carbocycles. The van der Waals surface area contributed by atoms with Gasteiger partial charge in [0.25, 0.3) is 0 Å². The van der Waals surface area contributed by atoms with Crippen LogP contribution in [0.4, 0.5) is 0 Å². The van der Waals surface area contributed by atoms with Crippen molar-refractivity contribution in [3.8, 4) is 0 Å². The molecule has 0 fully saturated rings. The second-order valence-corrected chi connectivity index (χ2v) is 13.8. The van der Waals surface area contributed by atoms with E-state index in [0.717, 1.165) is 0 Å². The Morgan fingerprint density at radius 2 is 1.25 bits per heavy atom. The lowest BCUT2D eigenvalue weighted by Gasteiger charge is -2.08. The highest BCUT2D eigenvalue weighted by molar-refractivity contribution is 8.17. The summed E-state index contributed by atoms with van der Waals surface area (Å²) in [5.74, 6) is 0. The first-order valence-corrected chi connectivity index (χ1v) is 9.40. The summed E-state index contributed by atoms with van der Waals surface area (Å²) in [5, 5.41) is 0. The minimum atomic E-state index is -4.92. The van der Waals surface area contributed by atoms with Crippen molar-refractivity contribution in [2.24, 2.45) is 0 Å². The molecule has 6 nitrogen and oxygen atoms in total. The van der Waals surface area contributed by atoms with E-state index in [1.807, 2.05) is 0 Å². The van der Waals surface area contributed by atoms with Crippen LogP contribution in [0, 0.1) is 0 Å². The van der Waals surface area contributed by atoms with Gasteiger partial charge >= 0.3 is 22.0 Å². The molecule has 0 bridgehead atoms. The Morgan fingerprint density at radius 1 is 1.00 bits per heavy atom. The molecule has 11 heteroatoms. The van der Waals surface area contributed by atoms with Crippen LogP contribution < -0.4 is 0 Å². The van der Waals surface area contributed by atoms with Crippen LogP contribution in [0.2, 0.25) is 0 Å². The van der Waals surface area contributed by atoms with Gasteiger partial charge < -0.3 is 19.6 Å². The molecule has 4 N–H and O–H groups in total. The van der Waals surface area contributed by atoms with Crippen molar-refractivity contribution in [3.05, 3.63) is 0 Å². The maximum absolute atomic E-state index is 10.5. The summed E-state index contributed by atoms with van der Waals surface area (Å²) in [5.41, 5.74) is 0. The van der Waals surface area contributed by atoms with E-state index in [-0.39, 0.29) is 0 Å². The molecule has 0 amide bonds. The fourth-order valence-electron chi connectivity index (χ4n) is 0.390. The summed E-state index contributed by atoms with van der Waals surface area (Å²) in [7, 11) is -13.3. The quantitative estimate of drug-likeness (QED) is 0.415. The Labute approximate surface area is 78.4 Å². The highest BCUT2D eigenvalue weighted by atomic mass is 35.5. The van der Waals surface area contributed by atoms with E-state index in [1.165, 1.54) is 0 Å². The highest BCUT2D eigenvalue weighted by Crippen LogP contribution is 2.53. The van der Waals surface area contributed by atoms with Crippen molar-refractivity contribution < 1.29 is 28.7 Å². The average Bonchev–Trinajstić information content (AvgIpc) is 1.49. The third-order valence-electron chi connectivity index (χ3n) is 0.721. The highest BCUT2D eigenvalue weighted by Gasteiger charge is 2.41. The number of hydrogen-bond donors (Lipinski definition) is 4. The van der Waals surface area contributed by atoms with E-state index in [1.54, 1.807) is 0 Å². The van der Waals surface area contributed by atoms with E-state index >= 15 is 0 Å². The maximum atomic E-state index is 10.5. The average molecular weight is 273 g/mol. The van der Waals surface area contributed by atoms with Gasteiger partial charge in [-0.25, -0.2) is 0 Å². The van der Waals surface area contributed by atoms with Crippen molar-refractivity contribution in [1.82, 2.24) is 0 Å². The van der Waals surface area contributed by atoms with Gasteiger partial charge in [0.1, 0.15) is 4.09 Å². The van der Waals surface area contributed by atoms with E-state index in [9.17, 15) is 9.13 Å². The Hall–Kier alpha value is 0.967. The van der Waals surface area contributed by atoms with Gasteiger partial charge in [0.2, 0.25) is 0 Å². The summed E-state index contributed by atoms with van der Waals surface area (Å²) < 4.78 is 20.0. The molecule has 0 heterocycles. The first-order chi connectivity index (χ1) is 5.07. The lowest BCUT2D eigenvalue weighted by atomic mass is 11.9. The standard InChI is InChI=1S/CH4Cl2O6P2Si/c2-1(3)12(10(4,5)6)11(7,8)9/h(H2,4,5,6)(H2,7,8,9). The SMILES string of the molecule is O=P(O)(O)[Si](=C(Cl)Cl)P(=O)(O)O. The molecule has 0 aliphatic rings. The van der Waals surface area contributed by atoms with Crippen molar-refractivity contribution in [1.29, 1.82) is 0 Å². The monoisotopic (exact) mass is 272 g/mol. The molecule has 0 saturated carbocycles.